The molecule has 0 radical (unpaired) electrons. The van der Waals surface area contributed by atoms with E-state index in [1.807, 2.05) is 24.3 Å². The van der Waals surface area contributed by atoms with Crippen LogP contribution in [0.15, 0.2) is 60.7 Å². The van der Waals surface area contributed by atoms with Gasteiger partial charge in [-0.25, -0.2) is 4.79 Å². The third-order valence-corrected chi connectivity index (χ3v) is 4.88. The number of nitrogens with one attached hydrogen (secondary N) is 1. The van der Waals surface area contributed by atoms with Gasteiger partial charge in [0.15, 0.2) is 6.10 Å². The second kappa shape index (κ2) is 9.18. The molecule has 0 heterocycles. The zero-order valence-electron chi connectivity index (χ0n) is 14.9. The van der Waals surface area contributed by atoms with Crippen LogP contribution >= 0.6 is 0 Å². The summed E-state index contributed by atoms with van der Waals surface area (Å²) < 4.78 is 5.54. The van der Waals surface area contributed by atoms with E-state index >= 15 is 0 Å². The van der Waals surface area contributed by atoms with Crippen molar-refractivity contribution in [3.8, 4) is 0 Å². The standard InChI is InChI=1S/C22H25NO3/c24-20(18-12-6-2-7-13-18)21(19-14-8-3-9-15-19)26-22(25)23-16-17-10-4-1-5-11-17/h2-3,6-9,12-15,17,21H,1,4-5,10-11,16H2,(H,23,25). The van der Waals surface area contributed by atoms with Gasteiger partial charge in [-0.3, -0.25) is 4.79 Å². The average Bonchev–Trinajstić information content (AvgIpc) is 2.72. The largest absolute Gasteiger partial charge is 0.433 e. The topological polar surface area (TPSA) is 55.4 Å². The molecule has 3 rings (SSSR count). The highest BCUT2D eigenvalue weighted by Crippen LogP contribution is 2.24. The molecule has 2 aromatic rings. The highest BCUT2D eigenvalue weighted by molar-refractivity contribution is 6.00. The molecular weight excluding hydrogens is 326 g/mol. The first kappa shape index (κ1) is 18.2. The van der Waals surface area contributed by atoms with Crippen molar-refractivity contribution in [2.45, 2.75) is 38.2 Å². The van der Waals surface area contributed by atoms with Crippen molar-refractivity contribution in [3.05, 3.63) is 71.8 Å². The number of alkyl carbamates (subject to hydrolysis) is 1. The van der Waals surface area contributed by atoms with Crippen molar-refractivity contribution in [2.24, 2.45) is 5.92 Å². The van der Waals surface area contributed by atoms with Crippen LogP contribution < -0.4 is 5.32 Å². The minimum absolute atomic E-state index is 0.218. The normalized spacial score (nSPS) is 15.8. The fourth-order valence-corrected chi connectivity index (χ4v) is 3.42. The van der Waals surface area contributed by atoms with Gasteiger partial charge in [0.1, 0.15) is 0 Å². The van der Waals surface area contributed by atoms with Gasteiger partial charge in [0.25, 0.3) is 0 Å². The van der Waals surface area contributed by atoms with Crippen molar-refractivity contribution >= 4 is 11.9 Å². The fourth-order valence-electron chi connectivity index (χ4n) is 3.42. The molecule has 0 spiro atoms. The number of carbonyl (C=O) groups excluding carboxylic acids is 2. The molecule has 0 bridgehead atoms. The number of amides is 1. The number of hydrogen-bond acceptors (Lipinski definition) is 3. The third-order valence-electron chi connectivity index (χ3n) is 4.88. The van der Waals surface area contributed by atoms with Crippen molar-refractivity contribution in [1.82, 2.24) is 5.32 Å². The Morgan fingerprint density at radius 2 is 1.54 bits per heavy atom. The maximum absolute atomic E-state index is 12.9. The molecule has 1 aliphatic carbocycles. The first-order valence-electron chi connectivity index (χ1n) is 9.33. The molecule has 1 aliphatic rings. The van der Waals surface area contributed by atoms with Gasteiger partial charge >= 0.3 is 6.09 Å². The van der Waals surface area contributed by atoms with Crippen LogP contribution in [0.3, 0.4) is 0 Å². The predicted molar refractivity (Wildman–Crippen MR) is 101 cm³/mol. The van der Waals surface area contributed by atoms with Crippen LogP contribution in [0, 0.1) is 5.92 Å². The lowest BCUT2D eigenvalue weighted by Crippen LogP contribution is -2.33. The first-order chi connectivity index (χ1) is 12.7. The summed E-state index contributed by atoms with van der Waals surface area (Å²) in [6.45, 7) is 0.611. The van der Waals surface area contributed by atoms with Crippen LogP contribution in [0.1, 0.15) is 54.1 Å². The van der Waals surface area contributed by atoms with Gasteiger partial charge < -0.3 is 10.1 Å². The Kier molecular flexibility index (Phi) is 6.42. The molecule has 4 heteroatoms. The molecule has 1 atom stereocenters. The summed E-state index contributed by atoms with van der Waals surface area (Å²) in [7, 11) is 0. The zero-order chi connectivity index (χ0) is 18.2. The van der Waals surface area contributed by atoms with Crippen LogP contribution in [0.4, 0.5) is 4.79 Å². The predicted octanol–water partition coefficient (Wildman–Crippen LogP) is 4.92. The zero-order valence-corrected chi connectivity index (χ0v) is 14.9. The van der Waals surface area contributed by atoms with Crippen molar-refractivity contribution in [2.75, 3.05) is 6.54 Å². The Labute approximate surface area is 154 Å². The Morgan fingerprint density at radius 3 is 2.19 bits per heavy atom. The van der Waals surface area contributed by atoms with E-state index in [-0.39, 0.29) is 5.78 Å². The van der Waals surface area contributed by atoms with Crippen molar-refractivity contribution in [3.63, 3.8) is 0 Å². The molecule has 26 heavy (non-hydrogen) atoms. The maximum Gasteiger partial charge on any atom is 0.408 e. The molecule has 136 valence electrons. The second-order valence-electron chi connectivity index (χ2n) is 6.81. The number of ether oxygens (including phenoxy) is 1. The summed E-state index contributed by atoms with van der Waals surface area (Å²) in [6.07, 6.45) is 4.54. The van der Waals surface area contributed by atoms with E-state index in [0.717, 1.165) is 12.8 Å². The summed E-state index contributed by atoms with van der Waals surface area (Å²) >= 11 is 0. The highest BCUT2D eigenvalue weighted by atomic mass is 16.6. The monoisotopic (exact) mass is 351 g/mol. The number of Topliss-reactive ketones (excluding diaryl/α,β-unsaturated/α-hetero) is 1. The van der Waals surface area contributed by atoms with Crippen LogP contribution in [0.5, 0.6) is 0 Å². The van der Waals surface area contributed by atoms with Crippen molar-refractivity contribution < 1.29 is 14.3 Å². The van der Waals surface area contributed by atoms with Crippen LogP contribution in [0.25, 0.3) is 0 Å². The molecule has 4 nitrogen and oxygen atoms in total. The molecule has 1 amide bonds. The fraction of sp³-hybridized carbons (Fsp3) is 0.364. The van der Waals surface area contributed by atoms with E-state index in [4.69, 9.17) is 4.74 Å². The van der Waals surface area contributed by atoms with Gasteiger partial charge in [0.05, 0.1) is 0 Å². The number of carbonyl (C=O) groups is 2. The van der Waals surface area contributed by atoms with E-state index in [0.29, 0.717) is 23.6 Å². The number of ketones is 1. The molecule has 0 aromatic heterocycles. The molecule has 1 fully saturated rings. The lowest BCUT2D eigenvalue weighted by molar-refractivity contribution is 0.0623. The lowest BCUT2D eigenvalue weighted by Gasteiger charge is -2.23. The van der Waals surface area contributed by atoms with Gasteiger partial charge in [0.2, 0.25) is 5.78 Å². The first-order valence-corrected chi connectivity index (χ1v) is 9.33. The van der Waals surface area contributed by atoms with Gasteiger partial charge in [-0.15, -0.1) is 0 Å². The Morgan fingerprint density at radius 1 is 0.923 bits per heavy atom. The van der Waals surface area contributed by atoms with Gasteiger partial charge in [-0.05, 0) is 18.8 Å². The second-order valence-corrected chi connectivity index (χ2v) is 6.81. The van der Waals surface area contributed by atoms with E-state index in [1.54, 1.807) is 36.4 Å². The Balaban J connectivity index is 1.67. The number of rotatable bonds is 6. The third kappa shape index (κ3) is 4.94. The van der Waals surface area contributed by atoms with Gasteiger partial charge in [-0.1, -0.05) is 79.9 Å². The molecule has 1 unspecified atom stereocenters. The van der Waals surface area contributed by atoms with E-state index in [9.17, 15) is 9.59 Å². The van der Waals surface area contributed by atoms with E-state index < -0.39 is 12.2 Å². The quantitative estimate of drug-likeness (QED) is 0.752. The Bertz CT molecular complexity index is 709. The van der Waals surface area contributed by atoms with E-state index in [1.165, 1.54) is 19.3 Å². The summed E-state index contributed by atoms with van der Waals surface area (Å²) in [5.74, 6) is 0.293. The van der Waals surface area contributed by atoms with Crippen LogP contribution in [-0.2, 0) is 4.74 Å². The highest BCUT2D eigenvalue weighted by Gasteiger charge is 2.26. The molecule has 2 aromatic carbocycles. The molecule has 1 N–H and O–H groups in total. The molecular formula is C22H25NO3. The van der Waals surface area contributed by atoms with Crippen molar-refractivity contribution in [1.29, 1.82) is 0 Å². The SMILES string of the molecule is O=C(NCC1CCCCC1)OC(C(=O)c1ccccc1)c1ccccc1. The summed E-state index contributed by atoms with van der Waals surface area (Å²) in [4.78, 5) is 25.2. The summed E-state index contributed by atoms with van der Waals surface area (Å²) in [6, 6.07) is 18.1. The Hall–Kier alpha value is -2.62. The number of benzene rings is 2. The van der Waals surface area contributed by atoms with Crippen LogP contribution in [0.2, 0.25) is 0 Å². The molecule has 0 aliphatic heterocycles. The lowest BCUT2D eigenvalue weighted by atomic mass is 9.89. The summed E-state index contributed by atoms with van der Waals surface area (Å²) in [5.41, 5.74) is 1.20. The molecule has 1 saturated carbocycles. The number of hydrogen-bond donors (Lipinski definition) is 1. The molecule has 0 saturated heterocycles. The smallest absolute Gasteiger partial charge is 0.408 e. The van der Waals surface area contributed by atoms with E-state index in [2.05, 4.69) is 5.32 Å². The minimum atomic E-state index is -0.940. The average molecular weight is 351 g/mol. The van der Waals surface area contributed by atoms with Gasteiger partial charge in [-0.2, -0.15) is 0 Å². The van der Waals surface area contributed by atoms with Crippen LogP contribution in [-0.4, -0.2) is 18.4 Å². The van der Waals surface area contributed by atoms with Gasteiger partial charge in [0, 0.05) is 17.7 Å². The minimum Gasteiger partial charge on any atom is -0.433 e. The maximum atomic E-state index is 12.9. The summed E-state index contributed by atoms with van der Waals surface area (Å²) in [5, 5.41) is 2.85.